The summed E-state index contributed by atoms with van der Waals surface area (Å²) in [5.74, 6) is 0. The number of hydrogen-bond donors (Lipinski definition) is 0. The molecule has 0 aliphatic heterocycles. The molecule has 0 unspecified atom stereocenters. The van der Waals surface area contributed by atoms with E-state index in [9.17, 15) is 0 Å². The van der Waals surface area contributed by atoms with Crippen molar-refractivity contribution in [2.45, 2.75) is 40.7 Å². The Labute approximate surface area is 92.5 Å². The van der Waals surface area contributed by atoms with Crippen molar-refractivity contribution in [2.75, 3.05) is 0 Å². The predicted molar refractivity (Wildman–Crippen MR) is 66.5 cm³/mol. The summed E-state index contributed by atoms with van der Waals surface area (Å²) in [7, 11) is 0. The number of aryl methyl sites for hydroxylation is 1. The first-order valence-corrected chi connectivity index (χ1v) is 5.52. The van der Waals surface area contributed by atoms with Gasteiger partial charge in [0.2, 0.25) is 0 Å². The van der Waals surface area contributed by atoms with E-state index >= 15 is 0 Å². The zero-order chi connectivity index (χ0) is 11.7. The predicted octanol–water partition coefficient (Wildman–Crippen LogP) is 3.39. The molecule has 0 spiro atoms. The monoisotopic (exact) mass is 207 g/mol. The third-order valence-electron chi connectivity index (χ3n) is 1.75. The zero-order valence-corrected chi connectivity index (χ0v) is 10.2. The first-order chi connectivity index (χ1) is 7.33. The van der Waals surface area contributed by atoms with Gasteiger partial charge in [0.1, 0.15) is 5.69 Å². The molecule has 0 atom stereocenters. The van der Waals surface area contributed by atoms with E-state index in [4.69, 9.17) is 0 Å². The molecule has 0 bridgehead atoms. The van der Waals surface area contributed by atoms with Crippen LogP contribution in [0.1, 0.15) is 45.5 Å². The van der Waals surface area contributed by atoms with Gasteiger partial charge in [-0.3, -0.25) is 0 Å². The van der Waals surface area contributed by atoms with Gasteiger partial charge in [0.15, 0.2) is 0 Å². The van der Waals surface area contributed by atoms with Crippen LogP contribution in [0.4, 0.5) is 0 Å². The minimum atomic E-state index is 0.894. The van der Waals surface area contributed by atoms with Crippen molar-refractivity contribution in [3.63, 3.8) is 0 Å². The molecule has 3 heteroatoms. The summed E-state index contributed by atoms with van der Waals surface area (Å²) in [6, 6.07) is 0. The zero-order valence-electron chi connectivity index (χ0n) is 10.2. The molecule has 0 aliphatic rings. The van der Waals surface area contributed by atoms with Crippen molar-refractivity contribution in [3.05, 3.63) is 24.0 Å². The lowest BCUT2D eigenvalue weighted by Crippen LogP contribution is -2.01. The van der Waals surface area contributed by atoms with Gasteiger partial charge in [-0.1, -0.05) is 38.6 Å². The highest BCUT2D eigenvalue weighted by molar-refractivity contribution is 5.57. The highest BCUT2D eigenvalue weighted by Crippen LogP contribution is 2.09. The van der Waals surface area contributed by atoms with Crippen molar-refractivity contribution >= 4 is 12.2 Å². The highest BCUT2D eigenvalue weighted by Gasteiger charge is 2.05. The molecule has 1 aromatic rings. The third-order valence-corrected chi connectivity index (χ3v) is 1.75. The van der Waals surface area contributed by atoms with Crippen LogP contribution in [0, 0.1) is 0 Å². The second-order valence-electron chi connectivity index (χ2n) is 2.79. The maximum atomic E-state index is 4.05. The summed E-state index contributed by atoms with van der Waals surface area (Å²) < 4.78 is 1.88. The maximum absolute atomic E-state index is 4.05. The van der Waals surface area contributed by atoms with E-state index in [-0.39, 0.29) is 0 Å². The van der Waals surface area contributed by atoms with E-state index in [0.717, 1.165) is 24.4 Å². The van der Waals surface area contributed by atoms with Crippen LogP contribution in [0.3, 0.4) is 0 Å². The Morgan fingerprint density at radius 3 is 2.53 bits per heavy atom. The van der Waals surface area contributed by atoms with Crippen molar-refractivity contribution < 1.29 is 0 Å². The van der Waals surface area contributed by atoms with Gasteiger partial charge in [0.05, 0.1) is 5.69 Å². The average Bonchev–Trinajstić information content (AvgIpc) is 2.65. The van der Waals surface area contributed by atoms with E-state index in [2.05, 4.69) is 23.8 Å². The summed E-state index contributed by atoms with van der Waals surface area (Å²) in [4.78, 5) is 0. The molecular weight excluding hydrogens is 186 g/mol. The number of hydrogen-bond acceptors (Lipinski definition) is 2. The quantitative estimate of drug-likeness (QED) is 0.757. The van der Waals surface area contributed by atoms with E-state index in [1.807, 2.05) is 37.6 Å². The molecule has 0 aliphatic carbocycles. The Hall–Kier alpha value is -1.38. The van der Waals surface area contributed by atoms with E-state index in [1.54, 1.807) is 6.08 Å². The number of nitrogens with zero attached hydrogens (tertiary/aromatic N) is 3. The topological polar surface area (TPSA) is 30.7 Å². The number of rotatable bonds is 4. The van der Waals surface area contributed by atoms with Crippen molar-refractivity contribution in [1.82, 2.24) is 15.0 Å². The molecule has 1 heterocycles. The molecule has 0 radical (unpaired) electrons. The lowest BCUT2D eigenvalue weighted by molar-refractivity contribution is 0.575. The van der Waals surface area contributed by atoms with Crippen LogP contribution in [0.15, 0.2) is 12.7 Å². The van der Waals surface area contributed by atoms with Gasteiger partial charge in [-0.2, -0.15) is 0 Å². The Balaban J connectivity index is 0.000000921. The minimum Gasteiger partial charge on any atom is -0.245 e. The second-order valence-corrected chi connectivity index (χ2v) is 2.79. The molecule has 0 saturated carbocycles. The summed E-state index contributed by atoms with van der Waals surface area (Å²) in [6.07, 6.45) is 6.74. The Morgan fingerprint density at radius 2 is 2.07 bits per heavy atom. The first-order valence-electron chi connectivity index (χ1n) is 5.52. The molecule has 15 heavy (non-hydrogen) atoms. The molecule has 0 saturated heterocycles. The van der Waals surface area contributed by atoms with Crippen LogP contribution in [0.5, 0.6) is 0 Å². The van der Waals surface area contributed by atoms with Gasteiger partial charge >= 0.3 is 0 Å². The SMILES string of the molecule is C=Cc1c(/C=C\C)nnn1CCC.CC. The van der Waals surface area contributed by atoms with Crippen LogP contribution in [-0.2, 0) is 6.54 Å². The summed E-state index contributed by atoms with van der Waals surface area (Å²) in [6.45, 7) is 12.7. The van der Waals surface area contributed by atoms with Crippen LogP contribution in [0.25, 0.3) is 12.2 Å². The fourth-order valence-electron chi connectivity index (χ4n) is 1.20. The summed E-state index contributed by atoms with van der Waals surface area (Å²) in [5, 5.41) is 8.09. The van der Waals surface area contributed by atoms with Crippen molar-refractivity contribution in [3.8, 4) is 0 Å². The fourth-order valence-corrected chi connectivity index (χ4v) is 1.20. The highest BCUT2D eigenvalue weighted by atomic mass is 15.4. The molecule has 1 aromatic heterocycles. The molecule has 0 aromatic carbocycles. The van der Waals surface area contributed by atoms with Crippen molar-refractivity contribution in [2.24, 2.45) is 0 Å². The third kappa shape index (κ3) is 3.70. The molecule has 0 amide bonds. The van der Waals surface area contributed by atoms with Gasteiger partial charge < -0.3 is 0 Å². The van der Waals surface area contributed by atoms with Gasteiger partial charge in [-0.15, -0.1) is 5.10 Å². The number of aromatic nitrogens is 3. The smallest absolute Gasteiger partial charge is 0.112 e. The second kappa shape index (κ2) is 7.97. The van der Waals surface area contributed by atoms with Crippen LogP contribution in [0.2, 0.25) is 0 Å². The van der Waals surface area contributed by atoms with Crippen LogP contribution in [-0.4, -0.2) is 15.0 Å². The lowest BCUT2D eigenvalue weighted by Gasteiger charge is -1.99. The Kier molecular flexibility index (Phi) is 7.24. The molecule has 3 nitrogen and oxygen atoms in total. The molecule has 0 N–H and O–H groups in total. The largest absolute Gasteiger partial charge is 0.245 e. The first kappa shape index (κ1) is 13.6. The summed E-state index contributed by atoms with van der Waals surface area (Å²) in [5.41, 5.74) is 1.89. The van der Waals surface area contributed by atoms with Crippen LogP contribution < -0.4 is 0 Å². The van der Waals surface area contributed by atoms with Gasteiger partial charge in [-0.05, 0) is 25.5 Å². The molecule has 0 fully saturated rings. The van der Waals surface area contributed by atoms with Gasteiger partial charge in [-0.25, -0.2) is 4.68 Å². The Bertz CT molecular complexity index is 311. The minimum absolute atomic E-state index is 0.894. The molecular formula is C12H21N3. The normalized spacial score (nSPS) is 9.87. The summed E-state index contributed by atoms with van der Waals surface area (Å²) >= 11 is 0. The maximum Gasteiger partial charge on any atom is 0.112 e. The molecule has 1 rings (SSSR count). The Morgan fingerprint density at radius 1 is 1.40 bits per heavy atom. The fraction of sp³-hybridized carbons (Fsp3) is 0.500. The average molecular weight is 207 g/mol. The van der Waals surface area contributed by atoms with Gasteiger partial charge in [0.25, 0.3) is 0 Å². The molecule has 84 valence electrons. The van der Waals surface area contributed by atoms with E-state index in [1.165, 1.54) is 0 Å². The van der Waals surface area contributed by atoms with Crippen molar-refractivity contribution in [1.29, 1.82) is 0 Å². The number of allylic oxidation sites excluding steroid dienone is 1. The van der Waals surface area contributed by atoms with Gasteiger partial charge in [0, 0.05) is 6.54 Å². The standard InChI is InChI=1S/C10H15N3.C2H6/c1-4-7-9-10(6-3)13(8-5-2)12-11-9;1-2/h4,6-7H,3,5,8H2,1-2H3;1-2H3/b7-4-;. The van der Waals surface area contributed by atoms with E-state index < -0.39 is 0 Å². The van der Waals surface area contributed by atoms with Crippen LogP contribution >= 0.6 is 0 Å². The lowest BCUT2D eigenvalue weighted by atomic mass is 10.3. The van der Waals surface area contributed by atoms with E-state index in [0.29, 0.717) is 0 Å².